The van der Waals surface area contributed by atoms with Gasteiger partial charge in [-0.25, -0.2) is 4.98 Å². The zero-order valence-corrected chi connectivity index (χ0v) is 14.4. The molecule has 2 rings (SSSR count). The molecule has 1 heterocycles. The first-order valence-corrected chi connectivity index (χ1v) is 8.99. The van der Waals surface area contributed by atoms with Crippen LogP contribution in [0.3, 0.4) is 0 Å². The Morgan fingerprint density at radius 2 is 1.96 bits per heavy atom. The fourth-order valence-corrected chi connectivity index (χ4v) is 2.81. The van der Waals surface area contributed by atoms with Gasteiger partial charge in [0.2, 0.25) is 0 Å². The highest BCUT2D eigenvalue weighted by Gasteiger charge is 2.09. The van der Waals surface area contributed by atoms with E-state index in [1.165, 1.54) is 24.8 Å². The van der Waals surface area contributed by atoms with E-state index in [-0.39, 0.29) is 0 Å². The summed E-state index contributed by atoms with van der Waals surface area (Å²) < 4.78 is 8.30. The van der Waals surface area contributed by atoms with Crippen LogP contribution in [-0.2, 0) is 17.7 Å². The number of aryl methyl sites for hydroxylation is 2. The number of hydrogen-bond donors (Lipinski definition) is 0. The van der Waals surface area contributed by atoms with Gasteiger partial charge < -0.3 is 9.30 Å². The lowest BCUT2D eigenvalue weighted by molar-refractivity contribution is 0.0375. The predicted octanol–water partition coefficient (Wildman–Crippen LogP) is 4.87. The van der Waals surface area contributed by atoms with Gasteiger partial charge in [-0.3, -0.25) is 0 Å². The summed E-state index contributed by atoms with van der Waals surface area (Å²) in [5, 5.41) is 0. The molecule has 0 N–H and O–H groups in total. The number of rotatable bonds is 12. The molecule has 0 fully saturated rings. The van der Waals surface area contributed by atoms with Crippen molar-refractivity contribution in [3.05, 3.63) is 54.6 Å². The van der Waals surface area contributed by atoms with Crippen LogP contribution in [0, 0.1) is 0 Å². The first-order valence-electron chi connectivity index (χ1n) is 8.99. The normalized spacial score (nSPS) is 12.4. The zero-order valence-electron chi connectivity index (χ0n) is 14.4. The number of unbranched alkanes of at least 4 members (excludes halogenated alkanes) is 2. The van der Waals surface area contributed by atoms with Gasteiger partial charge in [0, 0.05) is 25.5 Å². The van der Waals surface area contributed by atoms with Crippen LogP contribution in [-0.4, -0.2) is 22.3 Å². The highest BCUT2D eigenvalue weighted by molar-refractivity contribution is 5.14. The molecule has 23 heavy (non-hydrogen) atoms. The van der Waals surface area contributed by atoms with Crippen LogP contribution >= 0.6 is 0 Å². The van der Waals surface area contributed by atoms with Gasteiger partial charge >= 0.3 is 0 Å². The summed E-state index contributed by atoms with van der Waals surface area (Å²) in [7, 11) is 0. The fraction of sp³-hybridized carbons (Fsp3) is 0.550. The zero-order chi connectivity index (χ0) is 16.2. The van der Waals surface area contributed by atoms with Crippen LogP contribution < -0.4 is 0 Å². The summed E-state index contributed by atoms with van der Waals surface area (Å²) >= 11 is 0. The molecule has 0 bridgehead atoms. The van der Waals surface area contributed by atoms with Crippen molar-refractivity contribution in [3.8, 4) is 0 Å². The number of aromatic nitrogens is 2. The molecule has 1 aromatic carbocycles. The molecular formula is C20H30N2O. The van der Waals surface area contributed by atoms with Crippen LogP contribution in [0.4, 0.5) is 0 Å². The highest BCUT2D eigenvalue weighted by atomic mass is 16.5. The number of nitrogens with zero attached hydrogens (tertiary/aromatic N) is 2. The van der Waals surface area contributed by atoms with E-state index in [4.69, 9.17) is 4.74 Å². The Kier molecular flexibility index (Phi) is 8.49. The standard InChI is InChI=1S/C20H30N2O/c1-2-3-7-17-23-20(11-8-15-22-16-14-21-18-22)13-12-19-9-5-4-6-10-19/h4-6,9-10,14,16,18,20H,2-3,7-8,11-13,15,17H2,1H3. The third kappa shape index (κ3) is 7.47. The summed E-state index contributed by atoms with van der Waals surface area (Å²) in [6.45, 7) is 4.16. The van der Waals surface area contributed by atoms with Crippen molar-refractivity contribution >= 4 is 0 Å². The van der Waals surface area contributed by atoms with Gasteiger partial charge in [-0.2, -0.15) is 0 Å². The molecule has 0 saturated heterocycles. The second kappa shape index (κ2) is 11.0. The van der Waals surface area contributed by atoms with Crippen LogP contribution in [0.1, 0.15) is 51.0 Å². The minimum atomic E-state index is 0.371. The molecule has 0 amide bonds. The Morgan fingerprint density at radius 3 is 2.70 bits per heavy atom. The smallest absolute Gasteiger partial charge is 0.0945 e. The Hall–Kier alpha value is -1.61. The van der Waals surface area contributed by atoms with Crippen molar-refractivity contribution in [2.24, 2.45) is 0 Å². The van der Waals surface area contributed by atoms with E-state index < -0.39 is 0 Å². The second-order valence-electron chi connectivity index (χ2n) is 6.17. The molecule has 2 aromatic rings. The maximum atomic E-state index is 6.16. The predicted molar refractivity (Wildman–Crippen MR) is 95.5 cm³/mol. The third-order valence-corrected chi connectivity index (χ3v) is 4.20. The molecular weight excluding hydrogens is 284 g/mol. The Balaban J connectivity index is 1.73. The molecule has 0 aliphatic rings. The number of ether oxygens (including phenoxy) is 1. The van der Waals surface area contributed by atoms with E-state index in [1.54, 1.807) is 0 Å². The van der Waals surface area contributed by atoms with Gasteiger partial charge in [-0.15, -0.1) is 0 Å². The molecule has 0 radical (unpaired) electrons. The second-order valence-corrected chi connectivity index (χ2v) is 6.17. The van der Waals surface area contributed by atoms with Gasteiger partial charge in [-0.05, 0) is 37.7 Å². The number of hydrogen-bond acceptors (Lipinski definition) is 2. The Morgan fingerprint density at radius 1 is 1.09 bits per heavy atom. The first-order chi connectivity index (χ1) is 11.4. The minimum Gasteiger partial charge on any atom is -0.378 e. The van der Waals surface area contributed by atoms with Gasteiger partial charge in [0.25, 0.3) is 0 Å². The molecule has 1 unspecified atom stereocenters. The summed E-state index contributed by atoms with van der Waals surface area (Å²) in [6.07, 6.45) is 14.3. The number of benzene rings is 1. The minimum absolute atomic E-state index is 0.371. The van der Waals surface area contributed by atoms with E-state index in [0.717, 1.165) is 38.8 Å². The quantitative estimate of drug-likeness (QED) is 0.523. The third-order valence-electron chi connectivity index (χ3n) is 4.20. The van der Waals surface area contributed by atoms with Gasteiger partial charge in [-0.1, -0.05) is 50.1 Å². The van der Waals surface area contributed by atoms with Crippen molar-refractivity contribution in [2.45, 2.75) is 64.5 Å². The van der Waals surface area contributed by atoms with Crippen molar-refractivity contribution in [2.75, 3.05) is 6.61 Å². The summed E-state index contributed by atoms with van der Waals surface area (Å²) in [5.74, 6) is 0. The Bertz CT molecular complexity index is 496. The molecule has 3 nitrogen and oxygen atoms in total. The first kappa shape index (κ1) is 17.7. The topological polar surface area (TPSA) is 27.1 Å². The van der Waals surface area contributed by atoms with E-state index in [2.05, 4.69) is 46.8 Å². The van der Waals surface area contributed by atoms with Crippen LogP contribution in [0.2, 0.25) is 0 Å². The van der Waals surface area contributed by atoms with Crippen molar-refractivity contribution in [3.63, 3.8) is 0 Å². The maximum Gasteiger partial charge on any atom is 0.0945 e. The SMILES string of the molecule is CCCCCOC(CCCn1ccnc1)CCc1ccccc1. The van der Waals surface area contributed by atoms with Gasteiger partial charge in [0.15, 0.2) is 0 Å². The summed E-state index contributed by atoms with van der Waals surface area (Å²) in [6, 6.07) is 10.7. The lowest BCUT2D eigenvalue weighted by atomic mass is 10.0. The largest absolute Gasteiger partial charge is 0.378 e. The maximum absolute atomic E-state index is 6.16. The van der Waals surface area contributed by atoms with E-state index in [9.17, 15) is 0 Å². The number of imidazole rings is 1. The van der Waals surface area contributed by atoms with Crippen LogP contribution in [0.15, 0.2) is 49.1 Å². The lowest BCUT2D eigenvalue weighted by Gasteiger charge is -2.18. The molecule has 1 atom stereocenters. The van der Waals surface area contributed by atoms with E-state index in [1.807, 2.05) is 18.7 Å². The molecule has 3 heteroatoms. The molecule has 0 saturated carbocycles. The van der Waals surface area contributed by atoms with E-state index in [0.29, 0.717) is 6.10 Å². The lowest BCUT2D eigenvalue weighted by Crippen LogP contribution is -2.16. The van der Waals surface area contributed by atoms with Crippen LogP contribution in [0.25, 0.3) is 0 Å². The molecule has 0 spiro atoms. The van der Waals surface area contributed by atoms with Gasteiger partial charge in [0.05, 0.1) is 12.4 Å². The fourth-order valence-electron chi connectivity index (χ4n) is 2.81. The Labute approximate surface area is 140 Å². The van der Waals surface area contributed by atoms with Gasteiger partial charge in [0.1, 0.15) is 0 Å². The molecule has 0 aliphatic heterocycles. The summed E-state index contributed by atoms with van der Waals surface area (Å²) in [4.78, 5) is 4.10. The summed E-state index contributed by atoms with van der Waals surface area (Å²) in [5.41, 5.74) is 1.41. The molecule has 0 aliphatic carbocycles. The average Bonchev–Trinajstić information content (AvgIpc) is 3.10. The molecule has 1 aromatic heterocycles. The van der Waals surface area contributed by atoms with Crippen LogP contribution in [0.5, 0.6) is 0 Å². The average molecular weight is 314 g/mol. The monoisotopic (exact) mass is 314 g/mol. The van der Waals surface area contributed by atoms with Crippen molar-refractivity contribution in [1.29, 1.82) is 0 Å². The van der Waals surface area contributed by atoms with Crippen molar-refractivity contribution in [1.82, 2.24) is 9.55 Å². The molecule has 126 valence electrons. The van der Waals surface area contributed by atoms with Crippen molar-refractivity contribution < 1.29 is 4.74 Å². The highest BCUT2D eigenvalue weighted by Crippen LogP contribution is 2.14. The van der Waals surface area contributed by atoms with E-state index >= 15 is 0 Å².